The van der Waals surface area contributed by atoms with Gasteiger partial charge in [0.2, 0.25) is 17.7 Å². The summed E-state index contributed by atoms with van der Waals surface area (Å²) in [6, 6.07) is -1.70. The van der Waals surface area contributed by atoms with Gasteiger partial charge in [0.25, 0.3) is 0 Å². The number of thioether (sulfide) groups is 1. The topological polar surface area (TPSA) is 119 Å². The Labute approximate surface area is 160 Å². The van der Waals surface area contributed by atoms with Crippen LogP contribution in [-0.2, 0) is 19.1 Å². The summed E-state index contributed by atoms with van der Waals surface area (Å²) in [5, 5.41) is 0. The van der Waals surface area contributed by atoms with Gasteiger partial charge < -0.3 is 26.0 Å². The Bertz CT molecular complexity index is 487. The van der Waals surface area contributed by atoms with E-state index in [-0.39, 0.29) is 18.9 Å². The van der Waals surface area contributed by atoms with Crippen LogP contribution in [0.2, 0.25) is 0 Å². The normalized spacial score (nSPS) is 13.8. The Morgan fingerprint density at radius 2 is 1.73 bits per heavy atom. The molecule has 0 heterocycles. The van der Waals surface area contributed by atoms with Crippen molar-refractivity contribution in [2.75, 3.05) is 32.8 Å². The first-order valence-corrected chi connectivity index (χ1v) is 10.1. The number of ether oxygens (including phenoxy) is 1. The Morgan fingerprint density at radius 1 is 1.15 bits per heavy atom. The van der Waals surface area contributed by atoms with Crippen LogP contribution in [0, 0.1) is 0 Å². The third-order valence-corrected chi connectivity index (χ3v) is 4.58. The van der Waals surface area contributed by atoms with Gasteiger partial charge in [-0.2, -0.15) is 0 Å². The summed E-state index contributed by atoms with van der Waals surface area (Å²) >= 11 is 1.52. The molecule has 9 heteroatoms. The van der Waals surface area contributed by atoms with E-state index < -0.39 is 29.5 Å². The van der Waals surface area contributed by atoms with Crippen molar-refractivity contribution in [1.82, 2.24) is 9.80 Å². The second kappa shape index (κ2) is 11.4. The molecule has 0 radical (unpaired) electrons. The molecule has 3 amide bonds. The van der Waals surface area contributed by atoms with Gasteiger partial charge in [-0.1, -0.05) is 6.92 Å². The van der Waals surface area contributed by atoms with Crippen LogP contribution in [0.5, 0.6) is 0 Å². The number of carbonyl (C=O) groups excluding carboxylic acids is 3. The van der Waals surface area contributed by atoms with Gasteiger partial charge in [-0.05, 0) is 26.5 Å². The van der Waals surface area contributed by atoms with Crippen molar-refractivity contribution in [1.29, 1.82) is 0 Å². The number of carbonyl (C=O) groups is 3. The highest BCUT2D eigenvalue weighted by atomic mass is 32.2. The first-order chi connectivity index (χ1) is 12.0. The first-order valence-electron chi connectivity index (χ1n) is 8.67. The summed E-state index contributed by atoms with van der Waals surface area (Å²) in [7, 11) is 3.05. The first kappa shape index (κ1) is 24.7. The molecule has 0 aliphatic carbocycles. The van der Waals surface area contributed by atoms with Gasteiger partial charge in [0.15, 0.2) is 0 Å². The molecule has 0 spiro atoms. The third kappa shape index (κ3) is 7.51. The average molecular weight is 391 g/mol. The number of hydrogen-bond donors (Lipinski definition) is 2. The minimum atomic E-state index is -0.858. The van der Waals surface area contributed by atoms with Crippen LogP contribution in [-0.4, -0.2) is 78.0 Å². The molecule has 0 aromatic carbocycles. The molecule has 4 N–H and O–H groups in total. The molecule has 0 bridgehead atoms. The number of hydrogen-bond acceptors (Lipinski definition) is 6. The summed E-state index contributed by atoms with van der Waals surface area (Å²) in [6.45, 7) is 5.54. The zero-order valence-electron chi connectivity index (χ0n) is 16.8. The largest absolute Gasteiger partial charge is 0.368 e. The quantitative estimate of drug-likeness (QED) is 0.465. The van der Waals surface area contributed by atoms with Gasteiger partial charge in [-0.15, -0.1) is 11.8 Å². The fraction of sp³-hybridized carbons (Fsp3) is 0.824. The summed E-state index contributed by atoms with van der Waals surface area (Å²) in [5.41, 5.74) is 10.6. The van der Waals surface area contributed by atoms with E-state index in [9.17, 15) is 14.4 Å². The monoisotopic (exact) mass is 390 g/mol. The van der Waals surface area contributed by atoms with Gasteiger partial charge in [0.1, 0.15) is 12.1 Å². The summed E-state index contributed by atoms with van der Waals surface area (Å²) in [4.78, 5) is 39.6. The summed E-state index contributed by atoms with van der Waals surface area (Å²) in [5.74, 6) is -0.733. The minimum Gasteiger partial charge on any atom is -0.368 e. The van der Waals surface area contributed by atoms with Gasteiger partial charge in [0, 0.05) is 33.5 Å². The molecule has 26 heavy (non-hydrogen) atoms. The van der Waals surface area contributed by atoms with E-state index in [4.69, 9.17) is 16.2 Å². The average Bonchev–Trinajstić information content (AvgIpc) is 2.57. The molecule has 0 saturated carbocycles. The molecule has 0 rings (SSSR count). The van der Waals surface area contributed by atoms with E-state index in [1.165, 1.54) is 28.6 Å². The van der Waals surface area contributed by atoms with E-state index in [1.54, 1.807) is 7.05 Å². The van der Waals surface area contributed by atoms with Gasteiger partial charge in [0.05, 0.1) is 11.5 Å². The van der Waals surface area contributed by atoms with E-state index >= 15 is 0 Å². The number of nitrogens with two attached hydrogens (primary N) is 2. The lowest BCUT2D eigenvalue weighted by Crippen LogP contribution is -2.57. The molecule has 0 aromatic rings. The lowest BCUT2D eigenvalue weighted by Gasteiger charge is -2.36. The highest BCUT2D eigenvalue weighted by Crippen LogP contribution is 2.21. The standard InChI is InChI=1S/C17H34N4O4S/c1-7-8-14(22)20(4)13(10-18)16(24)21(5)12(15(19)23)9-17(2,3)25-11-26-6/h12-13H,7-11,18H2,1-6H3,(H2,19,23)/t12-,13+/m0/s1. The zero-order chi connectivity index (χ0) is 20.5. The van der Waals surface area contributed by atoms with Crippen LogP contribution in [0.4, 0.5) is 0 Å². The Kier molecular flexibility index (Phi) is 10.8. The van der Waals surface area contributed by atoms with Crippen molar-refractivity contribution in [3.8, 4) is 0 Å². The van der Waals surface area contributed by atoms with E-state index in [0.717, 1.165) is 0 Å². The maximum atomic E-state index is 12.9. The summed E-state index contributed by atoms with van der Waals surface area (Å²) < 4.78 is 5.72. The zero-order valence-corrected chi connectivity index (χ0v) is 17.6. The molecule has 2 atom stereocenters. The second-order valence-corrected chi connectivity index (χ2v) is 7.70. The van der Waals surface area contributed by atoms with Crippen molar-refractivity contribution in [3.05, 3.63) is 0 Å². The molecule has 0 aliphatic rings. The fourth-order valence-electron chi connectivity index (χ4n) is 2.55. The van der Waals surface area contributed by atoms with Crippen LogP contribution >= 0.6 is 11.8 Å². The molecule has 0 saturated heterocycles. The van der Waals surface area contributed by atoms with Crippen LogP contribution in [0.25, 0.3) is 0 Å². The van der Waals surface area contributed by atoms with Crippen molar-refractivity contribution in [2.24, 2.45) is 11.5 Å². The Morgan fingerprint density at radius 3 is 2.15 bits per heavy atom. The molecular weight excluding hydrogens is 356 g/mol. The highest BCUT2D eigenvalue weighted by molar-refractivity contribution is 7.98. The van der Waals surface area contributed by atoms with Crippen molar-refractivity contribution >= 4 is 29.5 Å². The van der Waals surface area contributed by atoms with E-state index in [1.807, 2.05) is 27.0 Å². The number of nitrogens with zero attached hydrogens (tertiary/aromatic N) is 2. The molecular formula is C17H34N4O4S. The van der Waals surface area contributed by atoms with Crippen molar-refractivity contribution < 1.29 is 19.1 Å². The van der Waals surface area contributed by atoms with Gasteiger partial charge in [-0.3, -0.25) is 14.4 Å². The highest BCUT2D eigenvalue weighted by Gasteiger charge is 2.36. The number of rotatable bonds is 12. The van der Waals surface area contributed by atoms with Gasteiger partial charge in [-0.25, -0.2) is 0 Å². The second-order valence-electron chi connectivity index (χ2n) is 6.89. The molecule has 0 unspecified atom stereocenters. The Balaban J connectivity index is 5.31. The molecule has 0 fully saturated rings. The minimum absolute atomic E-state index is 0.0347. The smallest absolute Gasteiger partial charge is 0.247 e. The summed E-state index contributed by atoms with van der Waals surface area (Å²) in [6.07, 6.45) is 3.16. The van der Waals surface area contributed by atoms with Crippen LogP contribution in [0.15, 0.2) is 0 Å². The van der Waals surface area contributed by atoms with E-state index in [2.05, 4.69) is 0 Å². The predicted molar refractivity (Wildman–Crippen MR) is 104 cm³/mol. The van der Waals surface area contributed by atoms with Crippen molar-refractivity contribution in [3.63, 3.8) is 0 Å². The lowest BCUT2D eigenvalue weighted by molar-refractivity contribution is -0.148. The van der Waals surface area contributed by atoms with E-state index in [0.29, 0.717) is 18.8 Å². The van der Waals surface area contributed by atoms with Gasteiger partial charge >= 0.3 is 0 Å². The maximum Gasteiger partial charge on any atom is 0.247 e. The third-order valence-electron chi connectivity index (χ3n) is 4.23. The van der Waals surface area contributed by atoms with Crippen LogP contribution in [0.1, 0.15) is 40.0 Å². The fourth-order valence-corrected chi connectivity index (χ4v) is 2.99. The molecule has 0 aromatic heterocycles. The molecule has 8 nitrogen and oxygen atoms in total. The number of primary amides is 1. The number of likely N-dealkylation sites (N-methyl/N-ethyl adjacent to an activating group) is 2. The van der Waals surface area contributed by atoms with Crippen molar-refractivity contribution in [2.45, 2.75) is 57.7 Å². The van der Waals surface area contributed by atoms with Crippen LogP contribution in [0.3, 0.4) is 0 Å². The number of amides is 3. The van der Waals surface area contributed by atoms with Crippen LogP contribution < -0.4 is 11.5 Å². The predicted octanol–water partition coefficient (Wildman–Crippen LogP) is 0.390. The SMILES string of the molecule is CCCC(=O)N(C)[C@H](CN)C(=O)N(C)[C@@H](CC(C)(C)OCSC)C(N)=O. The maximum absolute atomic E-state index is 12.9. The molecule has 0 aliphatic heterocycles. The molecule has 152 valence electrons. The lowest BCUT2D eigenvalue weighted by atomic mass is 9.97. The Hall–Kier alpha value is -1.32.